The summed E-state index contributed by atoms with van der Waals surface area (Å²) >= 11 is 0. The van der Waals surface area contributed by atoms with Crippen molar-refractivity contribution in [2.24, 2.45) is 0 Å². The average molecular weight is 300 g/mol. The van der Waals surface area contributed by atoms with Gasteiger partial charge in [0.05, 0.1) is 12.9 Å². The molecule has 2 N–H and O–H groups in total. The topological polar surface area (TPSA) is 66.8 Å². The fourth-order valence-corrected chi connectivity index (χ4v) is 2.28. The summed E-state index contributed by atoms with van der Waals surface area (Å²) in [5.41, 5.74) is 1.67. The van der Waals surface area contributed by atoms with E-state index in [4.69, 9.17) is 4.74 Å². The number of ether oxygens (including phenoxy) is 1. The van der Waals surface area contributed by atoms with Gasteiger partial charge in [0.15, 0.2) is 5.78 Å². The molecule has 0 aromatic rings. The van der Waals surface area contributed by atoms with Crippen molar-refractivity contribution in [3.8, 4) is 0 Å². The van der Waals surface area contributed by atoms with Gasteiger partial charge < -0.3 is 14.9 Å². The second-order valence-corrected chi connectivity index (χ2v) is 5.25. The van der Waals surface area contributed by atoms with Crippen LogP contribution in [0.3, 0.4) is 0 Å². The summed E-state index contributed by atoms with van der Waals surface area (Å²) in [5, 5.41) is 19.8. The van der Waals surface area contributed by atoms with Crippen molar-refractivity contribution < 1.29 is 19.7 Å². The molecule has 0 bridgehead atoms. The normalized spacial score (nSPS) is 21.6. The van der Waals surface area contributed by atoms with Crippen molar-refractivity contribution >= 4 is 5.78 Å². The van der Waals surface area contributed by atoms with E-state index < -0.39 is 6.10 Å². The van der Waals surface area contributed by atoms with Crippen LogP contribution in [0.2, 0.25) is 0 Å². The molecule has 0 amide bonds. The molecule has 2 aliphatic carbocycles. The fraction of sp³-hybridized carbons (Fsp3) is 0.278. The molecule has 0 spiro atoms. The molecule has 0 fully saturated rings. The standard InChI is InChI=1S/C18H20O4/c1-12-10-17(20)15(8-9-16(12)19)18(21)11-13-4-3-5-14(22-2)7-6-13/h3-4,6-10,17,19-20H,5,11H2,1-2H3. The molecular weight excluding hydrogens is 280 g/mol. The monoisotopic (exact) mass is 300 g/mol. The molecule has 0 saturated heterocycles. The zero-order valence-electron chi connectivity index (χ0n) is 12.7. The molecule has 0 heterocycles. The molecule has 116 valence electrons. The minimum atomic E-state index is -1.01. The first-order valence-corrected chi connectivity index (χ1v) is 7.12. The van der Waals surface area contributed by atoms with E-state index in [1.807, 2.05) is 24.3 Å². The van der Waals surface area contributed by atoms with Crippen LogP contribution < -0.4 is 0 Å². The van der Waals surface area contributed by atoms with E-state index >= 15 is 0 Å². The highest BCUT2D eigenvalue weighted by Crippen LogP contribution is 2.21. The highest BCUT2D eigenvalue weighted by atomic mass is 16.5. The molecule has 1 unspecified atom stereocenters. The lowest BCUT2D eigenvalue weighted by atomic mass is 9.98. The molecule has 22 heavy (non-hydrogen) atoms. The number of rotatable bonds is 4. The van der Waals surface area contributed by atoms with Gasteiger partial charge in [0.25, 0.3) is 0 Å². The summed E-state index contributed by atoms with van der Waals surface area (Å²) in [6.07, 6.45) is 11.8. The Kier molecular flexibility index (Phi) is 5.17. The quantitative estimate of drug-likeness (QED) is 0.837. The highest BCUT2D eigenvalue weighted by molar-refractivity contribution is 5.99. The summed E-state index contributed by atoms with van der Waals surface area (Å²) in [6.45, 7) is 1.68. The van der Waals surface area contributed by atoms with Crippen LogP contribution >= 0.6 is 0 Å². The zero-order valence-corrected chi connectivity index (χ0v) is 12.7. The molecule has 0 saturated carbocycles. The van der Waals surface area contributed by atoms with E-state index in [1.54, 1.807) is 14.0 Å². The Labute approximate surface area is 130 Å². The summed E-state index contributed by atoms with van der Waals surface area (Å²) < 4.78 is 5.18. The number of methoxy groups -OCH3 is 1. The van der Waals surface area contributed by atoms with Crippen LogP contribution in [0.5, 0.6) is 0 Å². The molecule has 2 rings (SSSR count). The van der Waals surface area contributed by atoms with Gasteiger partial charge in [0.1, 0.15) is 11.9 Å². The Bertz CT molecular complexity index is 642. The van der Waals surface area contributed by atoms with Gasteiger partial charge in [-0.15, -0.1) is 0 Å². The van der Waals surface area contributed by atoms with Gasteiger partial charge in [0.2, 0.25) is 0 Å². The van der Waals surface area contributed by atoms with Gasteiger partial charge in [-0.05, 0) is 42.4 Å². The average Bonchev–Trinajstić information content (AvgIpc) is 2.78. The lowest BCUT2D eigenvalue weighted by molar-refractivity contribution is -0.115. The van der Waals surface area contributed by atoms with Crippen LogP contribution in [0.15, 0.2) is 70.8 Å². The number of Topliss-reactive ketones (excluding diaryl/α,β-unsaturated/α-hetero) is 1. The van der Waals surface area contributed by atoms with Crippen LogP contribution in [0.25, 0.3) is 0 Å². The number of carbonyl (C=O) groups excluding carboxylic acids is 1. The Morgan fingerprint density at radius 2 is 2.09 bits per heavy atom. The Morgan fingerprint density at radius 1 is 1.32 bits per heavy atom. The largest absolute Gasteiger partial charge is 0.508 e. The predicted octanol–water partition coefficient (Wildman–Crippen LogP) is 3.05. The molecule has 4 nitrogen and oxygen atoms in total. The van der Waals surface area contributed by atoms with Crippen LogP contribution in [0.4, 0.5) is 0 Å². The summed E-state index contributed by atoms with van der Waals surface area (Å²) in [7, 11) is 1.61. The SMILES string of the molecule is COC1=CC=C(CC(=O)C2=CC=C(O)C(C)=CC2O)C=CC1. The first-order chi connectivity index (χ1) is 10.5. The fourth-order valence-electron chi connectivity index (χ4n) is 2.28. The van der Waals surface area contributed by atoms with E-state index in [0.717, 1.165) is 11.3 Å². The number of ketones is 1. The molecule has 1 atom stereocenters. The van der Waals surface area contributed by atoms with Gasteiger partial charge in [-0.25, -0.2) is 0 Å². The summed E-state index contributed by atoms with van der Waals surface area (Å²) in [4.78, 5) is 12.4. The number of carbonyl (C=O) groups is 1. The second-order valence-electron chi connectivity index (χ2n) is 5.25. The maximum Gasteiger partial charge on any atom is 0.166 e. The van der Waals surface area contributed by atoms with E-state index in [0.29, 0.717) is 12.0 Å². The van der Waals surface area contributed by atoms with Crippen molar-refractivity contribution in [2.75, 3.05) is 7.11 Å². The van der Waals surface area contributed by atoms with Crippen LogP contribution in [-0.4, -0.2) is 29.2 Å². The summed E-state index contributed by atoms with van der Waals surface area (Å²) in [6, 6.07) is 0. The van der Waals surface area contributed by atoms with E-state index in [1.165, 1.54) is 18.2 Å². The van der Waals surface area contributed by atoms with Crippen molar-refractivity contribution in [3.63, 3.8) is 0 Å². The maximum absolute atomic E-state index is 12.4. The molecule has 0 aromatic carbocycles. The number of aliphatic hydroxyl groups is 2. The molecule has 0 aromatic heterocycles. The van der Waals surface area contributed by atoms with Gasteiger partial charge >= 0.3 is 0 Å². The third kappa shape index (κ3) is 3.86. The van der Waals surface area contributed by atoms with Crippen molar-refractivity contribution in [2.45, 2.75) is 25.9 Å². The maximum atomic E-state index is 12.4. The zero-order chi connectivity index (χ0) is 16.1. The third-order valence-electron chi connectivity index (χ3n) is 3.63. The van der Waals surface area contributed by atoms with E-state index in [2.05, 4.69) is 0 Å². The number of aliphatic hydroxyl groups excluding tert-OH is 2. The number of hydrogen-bond donors (Lipinski definition) is 2. The molecular formula is C18H20O4. The molecule has 0 aliphatic heterocycles. The number of allylic oxidation sites excluding steroid dienone is 8. The van der Waals surface area contributed by atoms with Crippen LogP contribution in [0.1, 0.15) is 19.8 Å². The van der Waals surface area contributed by atoms with Gasteiger partial charge in [-0.1, -0.05) is 18.2 Å². The van der Waals surface area contributed by atoms with Crippen LogP contribution in [-0.2, 0) is 9.53 Å². The van der Waals surface area contributed by atoms with E-state index in [-0.39, 0.29) is 23.5 Å². The lowest BCUT2D eigenvalue weighted by Crippen LogP contribution is -2.16. The second kappa shape index (κ2) is 7.09. The Morgan fingerprint density at radius 3 is 2.82 bits per heavy atom. The first-order valence-electron chi connectivity index (χ1n) is 7.12. The van der Waals surface area contributed by atoms with Crippen molar-refractivity contribution in [3.05, 3.63) is 70.8 Å². The highest BCUT2D eigenvalue weighted by Gasteiger charge is 2.20. The van der Waals surface area contributed by atoms with Crippen molar-refractivity contribution in [1.82, 2.24) is 0 Å². The minimum absolute atomic E-state index is 0.0584. The van der Waals surface area contributed by atoms with Gasteiger partial charge in [-0.2, -0.15) is 0 Å². The first kappa shape index (κ1) is 16.0. The molecule has 4 heteroatoms. The smallest absolute Gasteiger partial charge is 0.166 e. The van der Waals surface area contributed by atoms with Gasteiger partial charge in [0, 0.05) is 18.4 Å². The Hall–Kier alpha value is -2.33. The number of hydrogen-bond acceptors (Lipinski definition) is 4. The minimum Gasteiger partial charge on any atom is -0.508 e. The third-order valence-corrected chi connectivity index (χ3v) is 3.63. The predicted molar refractivity (Wildman–Crippen MR) is 85.1 cm³/mol. The van der Waals surface area contributed by atoms with Gasteiger partial charge in [-0.3, -0.25) is 4.79 Å². The molecule has 0 radical (unpaired) electrons. The van der Waals surface area contributed by atoms with E-state index in [9.17, 15) is 15.0 Å². The summed E-state index contributed by atoms with van der Waals surface area (Å²) in [5.74, 6) is 0.717. The Balaban J connectivity index is 2.16. The van der Waals surface area contributed by atoms with Crippen molar-refractivity contribution in [1.29, 1.82) is 0 Å². The molecule has 2 aliphatic rings. The van der Waals surface area contributed by atoms with Crippen LogP contribution in [0, 0.1) is 0 Å². The lowest BCUT2D eigenvalue weighted by Gasteiger charge is -2.10.